The molecule has 20 heteroatoms. The van der Waals surface area contributed by atoms with Gasteiger partial charge in [0.15, 0.2) is 49.2 Å². The van der Waals surface area contributed by atoms with E-state index in [9.17, 15) is 33.6 Å². The minimum absolute atomic E-state index is 0.0711. The summed E-state index contributed by atoms with van der Waals surface area (Å²) in [6.45, 7) is 19.5. The van der Waals surface area contributed by atoms with Crippen molar-refractivity contribution in [3.8, 4) is 0 Å². The summed E-state index contributed by atoms with van der Waals surface area (Å²) in [5.41, 5.74) is -0.460. The van der Waals surface area contributed by atoms with Crippen LogP contribution in [0.2, 0.25) is 0 Å². The Kier molecular flexibility index (Phi) is 15.8. The average molecular weight is 1020 g/mol. The topological polar surface area (TPSA) is 239 Å². The van der Waals surface area contributed by atoms with Crippen molar-refractivity contribution in [1.29, 1.82) is 0 Å². The van der Waals surface area contributed by atoms with E-state index in [-0.39, 0.29) is 83.0 Å². The lowest BCUT2D eigenvalue weighted by atomic mass is 9.43. The Balaban J connectivity index is 1.13. The van der Waals surface area contributed by atoms with Crippen LogP contribution in [0.3, 0.4) is 0 Å². The Labute approximate surface area is 421 Å². The first-order valence-corrected chi connectivity index (χ1v) is 25.9. The van der Waals surface area contributed by atoms with Gasteiger partial charge in [0.05, 0.1) is 31.5 Å². The molecule has 72 heavy (non-hydrogen) atoms. The smallest absolute Gasteiger partial charge is 0.303 e. The third kappa shape index (κ3) is 10.4. The van der Waals surface area contributed by atoms with Crippen LogP contribution in [0.5, 0.6) is 0 Å². The van der Waals surface area contributed by atoms with Crippen molar-refractivity contribution in [2.45, 2.75) is 220 Å². The predicted octanol–water partition coefficient (Wildman–Crippen LogP) is 5.05. The van der Waals surface area contributed by atoms with Crippen LogP contribution >= 0.6 is 0 Å². The molecule has 20 nitrogen and oxygen atoms in total. The molecule has 1 spiro atoms. The lowest BCUT2D eigenvalue weighted by Crippen LogP contribution is -2.66. The monoisotopic (exact) mass is 1020 g/mol. The highest BCUT2D eigenvalue weighted by Crippen LogP contribution is 2.72. The molecule has 4 aliphatic carbocycles. The maximum Gasteiger partial charge on any atom is 0.303 e. The lowest BCUT2D eigenvalue weighted by Gasteiger charge is -2.63. The number of fused-ring (bicyclic) bond motifs is 7. The summed E-state index contributed by atoms with van der Waals surface area (Å²) in [5.74, 6) is -4.79. The predicted molar refractivity (Wildman–Crippen MR) is 245 cm³/mol. The van der Waals surface area contributed by atoms with Gasteiger partial charge in [0.2, 0.25) is 5.79 Å². The summed E-state index contributed by atoms with van der Waals surface area (Å²) in [6.07, 6.45) is -7.75. The number of hydrogen-bond acceptors (Lipinski definition) is 20. The molecule has 404 valence electrons. The maximum atomic E-state index is 13.2. The average Bonchev–Trinajstić information content (AvgIpc) is 3.72. The fourth-order valence-electron chi connectivity index (χ4n) is 15.2. The molecule has 0 N–H and O–H groups in total. The van der Waals surface area contributed by atoms with Crippen molar-refractivity contribution in [1.82, 2.24) is 0 Å². The first-order chi connectivity index (χ1) is 33.8. The summed E-state index contributed by atoms with van der Waals surface area (Å²) in [5, 5.41) is 0. The van der Waals surface area contributed by atoms with E-state index in [1.165, 1.54) is 27.7 Å². The Bertz CT molecular complexity index is 2080. The second-order valence-corrected chi connectivity index (χ2v) is 22.6. The summed E-state index contributed by atoms with van der Waals surface area (Å²) >= 11 is 0. The molecule has 0 radical (unpaired) electrons. The summed E-state index contributed by atoms with van der Waals surface area (Å²) < 4.78 is 80.9. The van der Waals surface area contributed by atoms with Crippen LogP contribution in [0.4, 0.5) is 0 Å². The number of carbonyl (C=O) groups is 7. The highest BCUT2D eigenvalue weighted by molar-refractivity contribution is 5.69. The van der Waals surface area contributed by atoms with Crippen molar-refractivity contribution in [3.63, 3.8) is 0 Å². The Morgan fingerprint density at radius 2 is 1.10 bits per heavy atom. The molecule has 8 rings (SSSR count). The number of esters is 7. The fraction of sp³-hybridized carbons (Fsp3) is 0.865. The summed E-state index contributed by atoms with van der Waals surface area (Å²) in [6, 6.07) is 0. The summed E-state index contributed by atoms with van der Waals surface area (Å²) in [4.78, 5) is 88.2. The van der Waals surface area contributed by atoms with Gasteiger partial charge in [-0.05, 0) is 105 Å². The van der Waals surface area contributed by atoms with Gasteiger partial charge in [-0.15, -0.1) is 0 Å². The molecule has 0 amide bonds. The molecule has 0 aromatic carbocycles. The normalized spacial score (nSPS) is 46.2. The number of rotatable bonds is 11. The van der Waals surface area contributed by atoms with Gasteiger partial charge < -0.3 is 61.6 Å². The Morgan fingerprint density at radius 1 is 0.514 bits per heavy atom. The Hall–Kier alpha value is -3.95. The van der Waals surface area contributed by atoms with E-state index < -0.39 is 103 Å². The summed E-state index contributed by atoms with van der Waals surface area (Å²) in [7, 11) is 0. The molecule has 8 fully saturated rings. The zero-order valence-corrected chi connectivity index (χ0v) is 43.8. The lowest BCUT2D eigenvalue weighted by molar-refractivity contribution is -0.358. The van der Waals surface area contributed by atoms with Crippen molar-refractivity contribution < 1.29 is 95.1 Å². The minimum Gasteiger partial charge on any atom is -0.463 e. The molecule has 0 bridgehead atoms. The quantitative estimate of drug-likeness (QED) is 0.149. The van der Waals surface area contributed by atoms with Crippen LogP contribution in [-0.4, -0.2) is 141 Å². The van der Waals surface area contributed by atoms with Gasteiger partial charge in [0.25, 0.3) is 0 Å². The molecule has 0 aromatic rings. The van der Waals surface area contributed by atoms with Crippen molar-refractivity contribution in [2.75, 3.05) is 13.2 Å². The van der Waals surface area contributed by atoms with Gasteiger partial charge in [-0.25, -0.2) is 0 Å². The van der Waals surface area contributed by atoms with Crippen molar-refractivity contribution in [2.24, 2.45) is 52.3 Å². The van der Waals surface area contributed by atoms with E-state index in [0.717, 1.165) is 46.5 Å². The Morgan fingerprint density at radius 3 is 1.72 bits per heavy atom. The highest BCUT2D eigenvalue weighted by atomic mass is 16.8. The third-order valence-electron chi connectivity index (χ3n) is 17.7. The van der Waals surface area contributed by atoms with Crippen molar-refractivity contribution in [3.05, 3.63) is 0 Å². The van der Waals surface area contributed by atoms with Crippen LogP contribution < -0.4 is 0 Å². The first kappa shape index (κ1) is 54.3. The third-order valence-corrected chi connectivity index (χ3v) is 17.7. The van der Waals surface area contributed by atoms with E-state index in [1.807, 2.05) is 0 Å². The highest BCUT2D eigenvalue weighted by Gasteiger charge is 2.72. The number of hydrogen-bond donors (Lipinski definition) is 0. The SMILES string of the molecule is CC(=O)O[C@H]1CC[C@@]2(C)[C@H](C1)[C@@H](O[C@@H]1O[C@H](C)[C@@H](OC(C)=O)[C@H](O[C@@H]3OC[C@@H](OC(C)=O)[C@H](OC(C)=O)[C@H]3OC(C)=O)[C@H]1OC(C)=O)C[C@@H]1[C@@H]2CC[C@]2(C)[C@@H]3[C@H](C[C@@H]12)O[C@@]1(OC[C@@H](C)C[C@@H]1OC(C)=O)[C@H]3C. The molecule has 4 heterocycles. The second-order valence-electron chi connectivity index (χ2n) is 22.6. The van der Waals surface area contributed by atoms with Crippen LogP contribution in [0.1, 0.15) is 134 Å². The van der Waals surface area contributed by atoms with E-state index in [4.69, 9.17) is 61.6 Å². The van der Waals surface area contributed by atoms with Gasteiger partial charge in [-0.1, -0.05) is 27.7 Å². The number of ether oxygens (including phenoxy) is 13. The molecular formula is C52H76O20. The van der Waals surface area contributed by atoms with Gasteiger partial charge in [-0.3, -0.25) is 33.6 Å². The van der Waals surface area contributed by atoms with Crippen LogP contribution in [0.25, 0.3) is 0 Å². The van der Waals surface area contributed by atoms with E-state index in [0.29, 0.717) is 32.3 Å². The molecule has 0 unspecified atom stereocenters. The molecule has 0 aromatic heterocycles. The zero-order chi connectivity index (χ0) is 52.4. The standard InChI is InChI=1S/C52H76O20/c1-23-17-41(65-28(6)55)52(61-21-23)24(2)42-39(72-52)20-36-34-19-38(37-18-33(63-26(4)53)13-15-50(37,11)35(34)14-16-51(36,42)12)70-49-47(69-32(10)59)45(43(25(3)62-49)66-29(7)56)71-48-46(68-31(9)58)44(67-30(8)57)40(22-60-48)64-27(5)54/h23-25,33-49H,13-22H2,1-12H3/t23-,24-,25+,33-,34+,35-,36-,37+,38-,39-,40+,41-,42-,43+,44-,45-,46+,47+,48-,49-,50+,51-,52-/m0/s1. The van der Waals surface area contributed by atoms with Gasteiger partial charge in [0.1, 0.15) is 12.2 Å². The van der Waals surface area contributed by atoms with Gasteiger partial charge in [-0.2, -0.15) is 0 Å². The molecule has 4 saturated heterocycles. The van der Waals surface area contributed by atoms with Crippen molar-refractivity contribution >= 4 is 41.8 Å². The van der Waals surface area contributed by atoms with Gasteiger partial charge >= 0.3 is 41.8 Å². The van der Waals surface area contributed by atoms with Gasteiger partial charge in [0, 0.05) is 54.4 Å². The first-order valence-electron chi connectivity index (χ1n) is 25.9. The van der Waals surface area contributed by atoms with Crippen LogP contribution in [0, 0.1) is 52.3 Å². The molecule has 4 aliphatic heterocycles. The molecular weight excluding hydrogens is 945 g/mol. The largest absolute Gasteiger partial charge is 0.463 e. The van der Waals surface area contributed by atoms with E-state index >= 15 is 0 Å². The van der Waals surface area contributed by atoms with E-state index in [1.54, 1.807) is 6.92 Å². The fourth-order valence-corrected chi connectivity index (χ4v) is 15.2. The van der Waals surface area contributed by atoms with E-state index in [2.05, 4.69) is 27.7 Å². The molecule has 8 aliphatic rings. The molecule has 4 saturated carbocycles. The minimum atomic E-state index is -1.56. The maximum absolute atomic E-state index is 13.2. The zero-order valence-electron chi connectivity index (χ0n) is 43.8. The van der Waals surface area contributed by atoms with Crippen LogP contribution in [0.15, 0.2) is 0 Å². The molecule has 23 atom stereocenters. The number of carbonyl (C=O) groups excluding carboxylic acids is 7. The van der Waals surface area contributed by atoms with Crippen LogP contribution in [-0.2, 0) is 95.1 Å². The second kappa shape index (κ2) is 21.0.